The van der Waals surface area contributed by atoms with Gasteiger partial charge in [-0.25, -0.2) is 0 Å². The van der Waals surface area contributed by atoms with Crippen molar-refractivity contribution in [2.24, 2.45) is 0 Å². The van der Waals surface area contributed by atoms with Crippen molar-refractivity contribution in [3.63, 3.8) is 0 Å². The third kappa shape index (κ3) is 3.30. The summed E-state index contributed by atoms with van der Waals surface area (Å²) in [4.78, 5) is 27.9. The van der Waals surface area contributed by atoms with Gasteiger partial charge in [0.15, 0.2) is 5.78 Å². The highest BCUT2D eigenvalue weighted by Gasteiger charge is 2.36. The molecule has 0 radical (unpaired) electrons. The van der Waals surface area contributed by atoms with Crippen molar-refractivity contribution in [3.8, 4) is 11.1 Å². The van der Waals surface area contributed by atoms with E-state index in [2.05, 4.69) is 17.4 Å². The normalized spacial score (nSPS) is 19.1. The van der Waals surface area contributed by atoms with E-state index in [4.69, 9.17) is 0 Å². The molecule has 1 fully saturated rings. The summed E-state index contributed by atoms with van der Waals surface area (Å²) in [6.07, 6.45) is 3.46. The van der Waals surface area contributed by atoms with Crippen molar-refractivity contribution in [3.05, 3.63) is 102 Å². The SMILES string of the molecule is O=C(/C=C1\Nc2ccccc2C(=O)N2CCCC12)c1ccc(-c2ccccc2)cc1. The van der Waals surface area contributed by atoms with Crippen LogP contribution in [0.2, 0.25) is 0 Å². The number of allylic oxidation sites excluding steroid dienone is 1. The summed E-state index contributed by atoms with van der Waals surface area (Å²) in [6, 6.07) is 25.2. The van der Waals surface area contributed by atoms with Crippen molar-refractivity contribution in [2.75, 3.05) is 11.9 Å². The number of nitrogens with zero attached hydrogens (tertiary/aromatic N) is 1. The van der Waals surface area contributed by atoms with Crippen LogP contribution < -0.4 is 5.32 Å². The number of hydrogen-bond acceptors (Lipinski definition) is 3. The van der Waals surface area contributed by atoms with Crippen LogP contribution in [0.4, 0.5) is 5.69 Å². The molecule has 1 saturated heterocycles. The van der Waals surface area contributed by atoms with E-state index in [1.807, 2.05) is 71.6 Å². The zero-order chi connectivity index (χ0) is 20.5. The minimum Gasteiger partial charge on any atom is -0.356 e. The van der Waals surface area contributed by atoms with Crippen molar-refractivity contribution in [1.29, 1.82) is 0 Å². The number of para-hydroxylation sites is 1. The summed E-state index contributed by atoms with van der Waals surface area (Å²) in [6.45, 7) is 0.719. The number of fused-ring (bicyclic) bond motifs is 2. The van der Waals surface area contributed by atoms with Crippen LogP contribution in [0.25, 0.3) is 11.1 Å². The Balaban J connectivity index is 1.46. The highest BCUT2D eigenvalue weighted by atomic mass is 16.2. The summed E-state index contributed by atoms with van der Waals surface area (Å²) in [5.41, 5.74) is 5.05. The van der Waals surface area contributed by atoms with Crippen LogP contribution in [0.1, 0.15) is 33.6 Å². The molecule has 0 aliphatic carbocycles. The molecule has 5 rings (SSSR count). The van der Waals surface area contributed by atoms with Gasteiger partial charge in [-0.15, -0.1) is 0 Å². The summed E-state index contributed by atoms with van der Waals surface area (Å²) in [5, 5.41) is 3.38. The first-order chi connectivity index (χ1) is 14.7. The number of anilines is 1. The molecule has 0 saturated carbocycles. The van der Waals surface area contributed by atoms with Crippen molar-refractivity contribution >= 4 is 17.4 Å². The number of hydrogen-bond donors (Lipinski definition) is 1. The predicted octanol–water partition coefficient (Wildman–Crippen LogP) is 5.15. The second-order valence-electron chi connectivity index (χ2n) is 7.73. The van der Waals surface area contributed by atoms with Gasteiger partial charge < -0.3 is 10.2 Å². The summed E-state index contributed by atoms with van der Waals surface area (Å²) in [7, 11) is 0. The summed E-state index contributed by atoms with van der Waals surface area (Å²) in [5.74, 6) is -0.0283. The third-order valence-electron chi connectivity index (χ3n) is 5.87. The molecule has 1 amide bonds. The Bertz CT molecular complexity index is 1130. The standard InChI is InChI=1S/C26H22N2O2/c29-25(20-14-12-19(13-15-20)18-7-2-1-3-8-18)17-23-24-11-6-16-28(24)26(30)21-9-4-5-10-22(21)27-23/h1-5,7-10,12-15,17,24,27H,6,11,16H2/b23-17-. The molecule has 0 aromatic heterocycles. The van der Waals surface area contributed by atoms with Crippen LogP contribution in [0.15, 0.2) is 90.6 Å². The number of carbonyl (C=O) groups is 2. The molecule has 3 aromatic carbocycles. The molecular formula is C26H22N2O2. The molecule has 30 heavy (non-hydrogen) atoms. The Kier molecular flexibility index (Phi) is 4.68. The predicted molar refractivity (Wildman–Crippen MR) is 118 cm³/mol. The average Bonchev–Trinajstić information content (AvgIpc) is 3.25. The molecule has 1 N–H and O–H groups in total. The number of rotatable bonds is 3. The first-order valence-corrected chi connectivity index (χ1v) is 10.3. The fourth-order valence-corrected chi connectivity index (χ4v) is 4.32. The van der Waals surface area contributed by atoms with E-state index in [9.17, 15) is 9.59 Å². The van der Waals surface area contributed by atoms with E-state index in [1.54, 1.807) is 6.08 Å². The van der Waals surface area contributed by atoms with Crippen LogP contribution in [0.3, 0.4) is 0 Å². The molecule has 3 aromatic rings. The largest absolute Gasteiger partial charge is 0.356 e. The Labute approximate surface area is 175 Å². The number of nitrogens with one attached hydrogen (secondary N) is 1. The van der Waals surface area contributed by atoms with Gasteiger partial charge in [-0.3, -0.25) is 9.59 Å². The van der Waals surface area contributed by atoms with Gasteiger partial charge in [0.1, 0.15) is 0 Å². The van der Waals surface area contributed by atoms with E-state index >= 15 is 0 Å². The van der Waals surface area contributed by atoms with E-state index < -0.39 is 0 Å². The maximum absolute atomic E-state index is 13.0. The number of ketones is 1. The smallest absolute Gasteiger partial charge is 0.256 e. The number of carbonyl (C=O) groups excluding carboxylic acids is 2. The molecule has 2 heterocycles. The van der Waals surface area contributed by atoms with E-state index in [0.717, 1.165) is 41.9 Å². The number of amides is 1. The monoisotopic (exact) mass is 394 g/mol. The van der Waals surface area contributed by atoms with Crippen molar-refractivity contribution in [1.82, 2.24) is 4.90 Å². The second-order valence-corrected chi connectivity index (χ2v) is 7.73. The maximum atomic E-state index is 13.0. The van der Waals surface area contributed by atoms with Crippen LogP contribution in [-0.2, 0) is 0 Å². The third-order valence-corrected chi connectivity index (χ3v) is 5.87. The van der Waals surface area contributed by atoms with Crippen LogP contribution >= 0.6 is 0 Å². The van der Waals surface area contributed by atoms with Gasteiger partial charge in [-0.1, -0.05) is 66.7 Å². The minimum atomic E-state index is -0.0857. The van der Waals surface area contributed by atoms with Gasteiger partial charge in [0.2, 0.25) is 0 Å². The van der Waals surface area contributed by atoms with Crippen molar-refractivity contribution in [2.45, 2.75) is 18.9 Å². The number of benzene rings is 3. The molecule has 0 bridgehead atoms. The Morgan fingerprint density at radius 1 is 0.900 bits per heavy atom. The molecule has 148 valence electrons. The molecule has 1 atom stereocenters. The summed E-state index contributed by atoms with van der Waals surface area (Å²) < 4.78 is 0. The zero-order valence-corrected chi connectivity index (χ0v) is 16.5. The minimum absolute atomic E-state index is 0.0312. The van der Waals surface area contributed by atoms with Gasteiger partial charge in [0.05, 0.1) is 17.3 Å². The fourth-order valence-electron chi connectivity index (χ4n) is 4.32. The Morgan fingerprint density at radius 2 is 1.60 bits per heavy atom. The molecular weight excluding hydrogens is 372 g/mol. The molecule has 0 spiro atoms. The van der Waals surface area contributed by atoms with Gasteiger partial charge in [-0.05, 0) is 36.1 Å². The Hall–Kier alpha value is -3.66. The van der Waals surface area contributed by atoms with Gasteiger partial charge in [0, 0.05) is 23.9 Å². The maximum Gasteiger partial charge on any atom is 0.256 e. The lowest BCUT2D eigenvalue weighted by Gasteiger charge is -2.23. The topological polar surface area (TPSA) is 49.4 Å². The lowest BCUT2D eigenvalue weighted by molar-refractivity contribution is 0.0760. The molecule has 4 heteroatoms. The fraction of sp³-hybridized carbons (Fsp3) is 0.154. The van der Waals surface area contributed by atoms with E-state index in [-0.39, 0.29) is 17.7 Å². The quantitative estimate of drug-likeness (QED) is 0.494. The van der Waals surface area contributed by atoms with Gasteiger partial charge in [0.25, 0.3) is 5.91 Å². The van der Waals surface area contributed by atoms with Gasteiger partial charge in [-0.2, -0.15) is 0 Å². The van der Waals surface area contributed by atoms with Gasteiger partial charge >= 0.3 is 0 Å². The van der Waals surface area contributed by atoms with Crippen molar-refractivity contribution < 1.29 is 9.59 Å². The van der Waals surface area contributed by atoms with Crippen LogP contribution in [0, 0.1) is 0 Å². The average molecular weight is 394 g/mol. The van der Waals surface area contributed by atoms with Crippen LogP contribution in [0.5, 0.6) is 0 Å². The summed E-state index contributed by atoms with van der Waals surface area (Å²) >= 11 is 0. The molecule has 4 nitrogen and oxygen atoms in total. The van der Waals surface area contributed by atoms with E-state index in [0.29, 0.717) is 11.1 Å². The lowest BCUT2D eigenvalue weighted by Crippen LogP contribution is -2.36. The Morgan fingerprint density at radius 3 is 2.40 bits per heavy atom. The highest BCUT2D eigenvalue weighted by molar-refractivity contribution is 6.06. The lowest BCUT2D eigenvalue weighted by atomic mass is 10.0. The highest BCUT2D eigenvalue weighted by Crippen LogP contribution is 2.33. The molecule has 2 aliphatic rings. The zero-order valence-electron chi connectivity index (χ0n) is 16.5. The van der Waals surface area contributed by atoms with E-state index in [1.165, 1.54) is 0 Å². The first kappa shape index (κ1) is 18.4. The second kappa shape index (κ2) is 7.64. The van der Waals surface area contributed by atoms with Crippen LogP contribution in [-0.4, -0.2) is 29.2 Å². The first-order valence-electron chi connectivity index (χ1n) is 10.3. The molecule has 2 aliphatic heterocycles. The molecule has 1 unspecified atom stereocenters.